The summed E-state index contributed by atoms with van der Waals surface area (Å²) in [6, 6.07) is 11.7. The normalized spacial score (nSPS) is 12.6. The Morgan fingerprint density at radius 3 is 2.39 bits per heavy atom. The second kappa shape index (κ2) is 9.89. The van der Waals surface area contributed by atoms with Crippen molar-refractivity contribution in [2.24, 2.45) is 0 Å². The van der Waals surface area contributed by atoms with Gasteiger partial charge in [0.2, 0.25) is 0 Å². The third kappa shape index (κ3) is 5.32. The van der Waals surface area contributed by atoms with E-state index in [4.69, 9.17) is 14.2 Å². The molecule has 0 fully saturated rings. The number of esters is 1. The fourth-order valence-electron chi connectivity index (χ4n) is 2.49. The highest BCUT2D eigenvalue weighted by molar-refractivity contribution is 7.84. The first-order valence-electron chi connectivity index (χ1n) is 8.49. The van der Waals surface area contributed by atoms with Gasteiger partial charge in [-0.15, -0.1) is 0 Å². The van der Waals surface area contributed by atoms with Gasteiger partial charge in [-0.25, -0.2) is 4.79 Å². The van der Waals surface area contributed by atoms with Crippen LogP contribution in [-0.2, 0) is 26.9 Å². The minimum atomic E-state index is -1.34. The summed E-state index contributed by atoms with van der Waals surface area (Å²) < 4.78 is 27.4. The lowest BCUT2D eigenvalue weighted by atomic mass is 10.2. The van der Waals surface area contributed by atoms with Crippen LogP contribution < -0.4 is 14.8 Å². The van der Waals surface area contributed by atoms with E-state index in [0.29, 0.717) is 16.4 Å². The van der Waals surface area contributed by atoms with Crippen LogP contribution in [0, 0.1) is 0 Å². The van der Waals surface area contributed by atoms with Crippen LogP contribution in [0.1, 0.15) is 22.8 Å². The van der Waals surface area contributed by atoms with Crippen molar-refractivity contribution < 1.29 is 28.0 Å². The molecule has 1 amide bonds. The van der Waals surface area contributed by atoms with E-state index in [1.807, 2.05) is 0 Å². The molecule has 1 N–H and O–H groups in total. The van der Waals surface area contributed by atoms with E-state index in [2.05, 4.69) is 5.32 Å². The Morgan fingerprint density at radius 1 is 1.07 bits per heavy atom. The van der Waals surface area contributed by atoms with Gasteiger partial charge in [-0.1, -0.05) is 18.2 Å². The molecule has 2 rings (SSSR count). The molecule has 0 spiro atoms. The Kier molecular flexibility index (Phi) is 7.57. The maximum Gasteiger partial charge on any atom is 0.340 e. The predicted octanol–water partition coefficient (Wildman–Crippen LogP) is 2.30. The van der Waals surface area contributed by atoms with Gasteiger partial charge in [-0.05, 0) is 36.8 Å². The van der Waals surface area contributed by atoms with E-state index in [9.17, 15) is 13.8 Å². The molecular formula is C20H23NO6S. The molecule has 0 unspecified atom stereocenters. The van der Waals surface area contributed by atoms with Gasteiger partial charge in [-0.2, -0.15) is 0 Å². The number of hydrogen-bond acceptors (Lipinski definition) is 6. The summed E-state index contributed by atoms with van der Waals surface area (Å²) in [6.45, 7) is 1.71. The number of carbonyl (C=O) groups is 2. The van der Waals surface area contributed by atoms with Crippen LogP contribution >= 0.6 is 0 Å². The van der Waals surface area contributed by atoms with Crippen molar-refractivity contribution in [3.8, 4) is 11.5 Å². The summed E-state index contributed by atoms with van der Waals surface area (Å²) in [7, 11) is 1.73. The highest BCUT2D eigenvalue weighted by Gasteiger charge is 2.21. The maximum absolute atomic E-state index is 12.3. The number of ether oxygens (including phenoxy) is 3. The fraction of sp³-hybridized carbons (Fsp3) is 0.300. The fourth-order valence-corrected chi connectivity index (χ4v) is 3.22. The van der Waals surface area contributed by atoms with Crippen molar-refractivity contribution in [2.75, 3.05) is 20.5 Å². The molecule has 0 aromatic heterocycles. The molecule has 0 bridgehead atoms. The lowest BCUT2D eigenvalue weighted by Crippen LogP contribution is -2.35. The van der Waals surface area contributed by atoms with Crippen LogP contribution in [0.2, 0.25) is 0 Å². The quantitative estimate of drug-likeness (QED) is 0.678. The number of nitrogens with one attached hydrogen (secondary N) is 1. The Bertz CT molecular complexity index is 883. The first-order chi connectivity index (χ1) is 13.4. The SMILES string of the molecule is COc1ccc(CNC(=O)[C@H](C)OC(=O)c2ccccc2[S@@](C)=O)cc1OC. The van der Waals surface area contributed by atoms with E-state index in [1.54, 1.807) is 43.5 Å². The lowest BCUT2D eigenvalue weighted by Gasteiger charge is -2.15. The van der Waals surface area contributed by atoms with E-state index in [-0.39, 0.29) is 12.1 Å². The highest BCUT2D eigenvalue weighted by Crippen LogP contribution is 2.27. The van der Waals surface area contributed by atoms with Crippen molar-refractivity contribution in [1.29, 1.82) is 0 Å². The van der Waals surface area contributed by atoms with Crippen molar-refractivity contribution >= 4 is 22.7 Å². The largest absolute Gasteiger partial charge is 0.493 e. The maximum atomic E-state index is 12.3. The molecule has 8 heteroatoms. The summed E-state index contributed by atoms with van der Waals surface area (Å²) in [6.07, 6.45) is 0.469. The smallest absolute Gasteiger partial charge is 0.340 e. The Hall–Kier alpha value is -2.87. The van der Waals surface area contributed by atoms with E-state index in [0.717, 1.165) is 5.56 Å². The van der Waals surface area contributed by atoms with Crippen LogP contribution in [0.25, 0.3) is 0 Å². The molecule has 2 atom stereocenters. The summed E-state index contributed by atoms with van der Waals surface area (Å²) in [5, 5.41) is 2.71. The molecular weight excluding hydrogens is 382 g/mol. The molecule has 0 aliphatic rings. The number of carbonyl (C=O) groups excluding carboxylic acids is 2. The van der Waals surface area contributed by atoms with Crippen LogP contribution in [0.5, 0.6) is 11.5 Å². The molecule has 2 aromatic rings. The van der Waals surface area contributed by atoms with Gasteiger partial charge in [-0.3, -0.25) is 9.00 Å². The van der Waals surface area contributed by atoms with Crippen molar-refractivity contribution in [1.82, 2.24) is 5.32 Å². The van der Waals surface area contributed by atoms with E-state index >= 15 is 0 Å². The molecule has 7 nitrogen and oxygen atoms in total. The third-order valence-corrected chi connectivity index (χ3v) is 4.96. The number of amides is 1. The first kappa shape index (κ1) is 21.4. The second-order valence-corrected chi connectivity index (χ2v) is 7.25. The number of hydrogen-bond donors (Lipinski definition) is 1. The Morgan fingerprint density at radius 2 is 1.75 bits per heavy atom. The minimum absolute atomic E-state index is 0.183. The van der Waals surface area contributed by atoms with Crippen molar-refractivity contribution in [3.63, 3.8) is 0 Å². The van der Waals surface area contributed by atoms with Crippen molar-refractivity contribution in [3.05, 3.63) is 53.6 Å². The zero-order valence-corrected chi connectivity index (χ0v) is 17.0. The number of benzene rings is 2. The van der Waals surface area contributed by atoms with Gasteiger partial charge >= 0.3 is 5.97 Å². The third-order valence-electron chi connectivity index (χ3n) is 3.98. The zero-order valence-electron chi connectivity index (χ0n) is 16.2. The molecule has 0 aliphatic carbocycles. The second-order valence-electron chi connectivity index (χ2n) is 5.90. The minimum Gasteiger partial charge on any atom is -0.493 e. The summed E-state index contributed by atoms with van der Waals surface area (Å²) in [5.41, 5.74) is 0.985. The lowest BCUT2D eigenvalue weighted by molar-refractivity contribution is -0.129. The van der Waals surface area contributed by atoms with Gasteiger partial charge in [0.1, 0.15) is 0 Å². The topological polar surface area (TPSA) is 90.9 Å². The van der Waals surface area contributed by atoms with Gasteiger partial charge in [0.25, 0.3) is 5.91 Å². The molecule has 0 saturated heterocycles. The van der Waals surface area contributed by atoms with Gasteiger partial charge < -0.3 is 19.5 Å². The van der Waals surface area contributed by atoms with Crippen molar-refractivity contribution in [2.45, 2.75) is 24.5 Å². The predicted molar refractivity (Wildman–Crippen MR) is 105 cm³/mol. The summed E-state index contributed by atoms with van der Waals surface area (Å²) in [5.74, 6) is 0.00236. The summed E-state index contributed by atoms with van der Waals surface area (Å²) >= 11 is 0. The van der Waals surface area contributed by atoms with E-state index < -0.39 is 28.8 Å². The first-order valence-corrected chi connectivity index (χ1v) is 10.0. The number of methoxy groups -OCH3 is 2. The molecule has 0 heterocycles. The van der Waals surface area contributed by atoms with Crippen LogP contribution in [0.4, 0.5) is 0 Å². The molecule has 0 saturated carbocycles. The average Bonchev–Trinajstić information content (AvgIpc) is 2.71. The molecule has 0 radical (unpaired) electrons. The van der Waals surface area contributed by atoms with Crippen LogP contribution in [0.15, 0.2) is 47.4 Å². The molecule has 0 aliphatic heterocycles. The Balaban J connectivity index is 1.98. The standard InChI is InChI=1S/C20H23NO6S/c1-13(27-20(23)15-7-5-6-8-18(15)28(4)24)19(22)21-12-14-9-10-16(25-2)17(11-14)26-3/h5-11,13H,12H2,1-4H3,(H,21,22)/t13-,28+/m0/s1. The molecule has 150 valence electrons. The average molecular weight is 405 g/mol. The summed E-state index contributed by atoms with van der Waals surface area (Å²) in [4.78, 5) is 25.0. The molecule has 2 aromatic carbocycles. The van der Waals surface area contributed by atoms with E-state index in [1.165, 1.54) is 26.4 Å². The highest BCUT2D eigenvalue weighted by atomic mass is 32.2. The van der Waals surface area contributed by atoms with Gasteiger partial charge in [0, 0.05) is 12.8 Å². The zero-order chi connectivity index (χ0) is 20.7. The Labute approximate surface area is 166 Å². The van der Waals surface area contributed by atoms with Crippen LogP contribution in [0.3, 0.4) is 0 Å². The molecule has 28 heavy (non-hydrogen) atoms. The monoisotopic (exact) mass is 405 g/mol. The number of rotatable bonds is 8. The van der Waals surface area contributed by atoms with Crippen LogP contribution in [-0.4, -0.2) is 42.7 Å². The van der Waals surface area contributed by atoms with Gasteiger partial charge in [0.05, 0.1) is 35.5 Å². The van der Waals surface area contributed by atoms with Gasteiger partial charge in [0.15, 0.2) is 17.6 Å².